The van der Waals surface area contributed by atoms with Crippen LogP contribution in [0.2, 0.25) is 5.15 Å². The minimum Gasteiger partial charge on any atom is -0.377 e. The number of pyridine rings is 2. The molecule has 2 heterocycles. The molecule has 94 valence electrons. The smallest absolute Gasteiger partial charge is 0.129 e. The van der Waals surface area contributed by atoms with Gasteiger partial charge in [0.2, 0.25) is 0 Å². The van der Waals surface area contributed by atoms with Gasteiger partial charge in [0.1, 0.15) is 5.15 Å². The van der Waals surface area contributed by atoms with Gasteiger partial charge in [0, 0.05) is 25.2 Å². The zero-order valence-electron chi connectivity index (χ0n) is 10.1. The molecule has 3 nitrogen and oxygen atoms in total. The SMILES string of the molecule is Clc1ccc(COCCCc2ccncc2)cn1. The number of hydrogen-bond acceptors (Lipinski definition) is 3. The third kappa shape index (κ3) is 4.43. The van der Waals surface area contributed by atoms with Gasteiger partial charge in [-0.3, -0.25) is 4.98 Å². The standard InChI is InChI=1S/C14H15ClN2O/c15-14-4-3-13(10-17-14)11-18-9-1-2-12-5-7-16-8-6-12/h3-8,10H,1-2,9,11H2. The summed E-state index contributed by atoms with van der Waals surface area (Å²) in [5, 5.41) is 0.511. The number of nitrogens with zero attached hydrogens (tertiary/aromatic N) is 2. The minimum atomic E-state index is 0.511. The summed E-state index contributed by atoms with van der Waals surface area (Å²) in [6.45, 7) is 1.32. The molecule has 0 atom stereocenters. The van der Waals surface area contributed by atoms with E-state index in [0.29, 0.717) is 11.8 Å². The van der Waals surface area contributed by atoms with E-state index in [2.05, 4.69) is 9.97 Å². The van der Waals surface area contributed by atoms with E-state index < -0.39 is 0 Å². The molecule has 0 saturated carbocycles. The Morgan fingerprint density at radius 1 is 1.06 bits per heavy atom. The van der Waals surface area contributed by atoms with Crippen LogP contribution < -0.4 is 0 Å². The third-order valence-corrected chi connectivity index (χ3v) is 2.78. The van der Waals surface area contributed by atoms with E-state index in [4.69, 9.17) is 16.3 Å². The summed E-state index contributed by atoms with van der Waals surface area (Å²) in [5.41, 5.74) is 2.34. The van der Waals surface area contributed by atoms with Crippen molar-refractivity contribution in [2.75, 3.05) is 6.61 Å². The first kappa shape index (κ1) is 13.0. The Balaban J connectivity index is 1.63. The first-order chi connectivity index (χ1) is 8.84. The van der Waals surface area contributed by atoms with Crippen LogP contribution in [0.25, 0.3) is 0 Å². The zero-order chi connectivity index (χ0) is 12.6. The Kier molecular flexibility index (Phi) is 5.12. The van der Waals surface area contributed by atoms with Crippen LogP contribution in [0.5, 0.6) is 0 Å². The van der Waals surface area contributed by atoms with Crippen LogP contribution >= 0.6 is 11.6 Å². The lowest BCUT2D eigenvalue weighted by molar-refractivity contribution is 0.118. The fourth-order valence-corrected chi connectivity index (χ4v) is 1.72. The van der Waals surface area contributed by atoms with Gasteiger partial charge in [0.25, 0.3) is 0 Å². The molecule has 0 spiro atoms. The Labute approximate surface area is 112 Å². The predicted molar refractivity (Wildman–Crippen MR) is 71.5 cm³/mol. The number of aromatic nitrogens is 2. The van der Waals surface area contributed by atoms with Gasteiger partial charge in [-0.15, -0.1) is 0 Å². The van der Waals surface area contributed by atoms with Crippen molar-refractivity contribution < 1.29 is 4.74 Å². The molecule has 0 saturated heterocycles. The van der Waals surface area contributed by atoms with Crippen LogP contribution in [-0.2, 0) is 17.8 Å². The Hall–Kier alpha value is -1.45. The van der Waals surface area contributed by atoms with Crippen LogP contribution in [0.1, 0.15) is 17.5 Å². The van der Waals surface area contributed by atoms with Crippen LogP contribution in [-0.4, -0.2) is 16.6 Å². The fourth-order valence-electron chi connectivity index (χ4n) is 1.61. The molecule has 0 radical (unpaired) electrons. The fraction of sp³-hybridized carbons (Fsp3) is 0.286. The van der Waals surface area contributed by atoms with Crippen LogP contribution in [0.3, 0.4) is 0 Å². The van der Waals surface area contributed by atoms with E-state index in [-0.39, 0.29) is 0 Å². The quantitative estimate of drug-likeness (QED) is 0.592. The maximum Gasteiger partial charge on any atom is 0.129 e. The van der Waals surface area contributed by atoms with Gasteiger partial charge < -0.3 is 4.74 Å². The number of aryl methyl sites for hydroxylation is 1. The molecule has 2 aromatic rings. The van der Waals surface area contributed by atoms with Crippen molar-refractivity contribution in [3.8, 4) is 0 Å². The van der Waals surface area contributed by atoms with E-state index in [1.165, 1.54) is 5.56 Å². The summed E-state index contributed by atoms with van der Waals surface area (Å²) < 4.78 is 5.58. The third-order valence-electron chi connectivity index (χ3n) is 2.56. The normalized spacial score (nSPS) is 10.5. The lowest BCUT2D eigenvalue weighted by atomic mass is 10.1. The Morgan fingerprint density at radius 2 is 1.89 bits per heavy atom. The molecule has 0 N–H and O–H groups in total. The molecule has 0 aliphatic carbocycles. The van der Waals surface area contributed by atoms with E-state index in [9.17, 15) is 0 Å². The van der Waals surface area contributed by atoms with Gasteiger partial charge in [-0.1, -0.05) is 17.7 Å². The second-order valence-corrected chi connectivity index (χ2v) is 4.39. The molecule has 0 fully saturated rings. The van der Waals surface area contributed by atoms with Gasteiger partial charge in [-0.25, -0.2) is 4.98 Å². The second-order valence-electron chi connectivity index (χ2n) is 4.00. The molecular weight excluding hydrogens is 248 g/mol. The van der Waals surface area contributed by atoms with Crippen molar-refractivity contribution in [2.45, 2.75) is 19.4 Å². The topological polar surface area (TPSA) is 35.0 Å². The van der Waals surface area contributed by atoms with Crippen molar-refractivity contribution in [3.05, 3.63) is 59.1 Å². The molecule has 0 aromatic carbocycles. The number of rotatable bonds is 6. The molecule has 2 aromatic heterocycles. The summed E-state index contributed by atoms with van der Waals surface area (Å²) in [6.07, 6.45) is 7.39. The first-order valence-corrected chi connectivity index (χ1v) is 6.29. The Bertz CT molecular complexity index is 459. The second kappa shape index (κ2) is 7.09. The number of hydrogen-bond donors (Lipinski definition) is 0. The van der Waals surface area contributed by atoms with Crippen LogP contribution in [0.4, 0.5) is 0 Å². The lowest BCUT2D eigenvalue weighted by Crippen LogP contribution is -1.98. The summed E-state index contributed by atoms with van der Waals surface area (Å²) >= 11 is 5.71. The highest BCUT2D eigenvalue weighted by molar-refractivity contribution is 6.29. The summed E-state index contributed by atoms with van der Waals surface area (Å²) in [7, 11) is 0. The average Bonchev–Trinajstić information content (AvgIpc) is 2.42. The number of halogens is 1. The predicted octanol–water partition coefficient (Wildman–Crippen LogP) is 3.28. The highest BCUT2D eigenvalue weighted by Crippen LogP contribution is 2.07. The van der Waals surface area contributed by atoms with E-state index in [1.54, 1.807) is 12.3 Å². The van der Waals surface area contributed by atoms with Gasteiger partial charge in [0.15, 0.2) is 0 Å². The number of ether oxygens (including phenoxy) is 1. The molecule has 0 aliphatic rings. The van der Waals surface area contributed by atoms with Crippen molar-refractivity contribution in [1.82, 2.24) is 9.97 Å². The minimum absolute atomic E-state index is 0.511. The first-order valence-electron chi connectivity index (χ1n) is 5.92. The van der Waals surface area contributed by atoms with Crippen molar-refractivity contribution in [1.29, 1.82) is 0 Å². The molecule has 0 bridgehead atoms. The molecule has 2 rings (SSSR count). The van der Waals surface area contributed by atoms with Gasteiger partial charge in [-0.05, 0) is 42.2 Å². The van der Waals surface area contributed by atoms with Gasteiger partial charge in [0.05, 0.1) is 6.61 Å². The molecule has 0 aliphatic heterocycles. The zero-order valence-corrected chi connectivity index (χ0v) is 10.8. The maximum absolute atomic E-state index is 5.71. The highest BCUT2D eigenvalue weighted by atomic mass is 35.5. The summed E-state index contributed by atoms with van der Waals surface area (Å²) in [5.74, 6) is 0. The summed E-state index contributed by atoms with van der Waals surface area (Å²) in [4.78, 5) is 7.99. The molecule has 18 heavy (non-hydrogen) atoms. The average molecular weight is 263 g/mol. The molecular formula is C14H15ClN2O. The Morgan fingerprint density at radius 3 is 2.61 bits per heavy atom. The monoisotopic (exact) mass is 262 g/mol. The van der Waals surface area contributed by atoms with E-state index >= 15 is 0 Å². The van der Waals surface area contributed by atoms with Gasteiger partial charge >= 0.3 is 0 Å². The highest BCUT2D eigenvalue weighted by Gasteiger charge is 1.96. The van der Waals surface area contributed by atoms with Crippen molar-refractivity contribution in [2.24, 2.45) is 0 Å². The largest absolute Gasteiger partial charge is 0.377 e. The molecule has 0 unspecified atom stereocenters. The molecule has 4 heteroatoms. The maximum atomic E-state index is 5.71. The van der Waals surface area contributed by atoms with Crippen molar-refractivity contribution >= 4 is 11.6 Å². The van der Waals surface area contributed by atoms with E-state index in [1.807, 2.05) is 30.6 Å². The van der Waals surface area contributed by atoms with E-state index in [0.717, 1.165) is 25.0 Å². The summed E-state index contributed by atoms with van der Waals surface area (Å²) in [6, 6.07) is 7.77. The van der Waals surface area contributed by atoms with Crippen molar-refractivity contribution in [3.63, 3.8) is 0 Å². The lowest BCUT2D eigenvalue weighted by Gasteiger charge is -2.04. The van der Waals surface area contributed by atoms with Gasteiger partial charge in [-0.2, -0.15) is 0 Å². The van der Waals surface area contributed by atoms with Crippen LogP contribution in [0.15, 0.2) is 42.9 Å². The van der Waals surface area contributed by atoms with Crippen LogP contribution in [0, 0.1) is 0 Å². The molecule has 0 amide bonds.